The first-order valence-corrected chi connectivity index (χ1v) is 9.07. The first-order valence-electron chi connectivity index (χ1n) is 8.28. The van der Waals surface area contributed by atoms with Crippen molar-refractivity contribution in [2.24, 2.45) is 0 Å². The number of carbonyl (C=O) groups is 2. The molecule has 4 nitrogen and oxygen atoms in total. The fraction of sp³-hybridized carbons (Fsp3) is 0.556. The molecule has 0 radical (unpaired) electrons. The summed E-state index contributed by atoms with van der Waals surface area (Å²) >= 11 is 3.32. The van der Waals surface area contributed by atoms with Crippen LogP contribution in [0.15, 0.2) is 28.7 Å². The zero-order valence-electron chi connectivity index (χ0n) is 13.9. The number of rotatable bonds is 10. The highest BCUT2D eigenvalue weighted by molar-refractivity contribution is 9.10. The molecule has 0 fully saturated rings. The highest BCUT2D eigenvalue weighted by atomic mass is 79.9. The van der Waals surface area contributed by atoms with E-state index in [9.17, 15) is 9.59 Å². The Bertz CT molecular complexity index is 505. The van der Waals surface area contributed by atoms with E-state index < -0.39 is 6.04 Å². The van der Waals surface area contributed by atoms with E-state index in [4.69, 9.17) is 4.74 Å². The number of amides is 1. The van der Waals surface area contributed by atoms with Gasteiger partial charge in [-0.2, -0.15) is 0 Å². The Kier molecular flexibility index (Phi) is 9.60. The number of unbranched alkanes of at least 4 members (excludes halogenated alkanes) is 5. The van der Waals surface area contributed by atoms with Gasteiger partial charge < -0.3 is 10.1 Å². The van der Waals surface area contributed by atoms with E-state index in [1.165, 1.54) is 25.7 Å². The molecule has 0 unspecified atom stereocenters. The van der Waals surface area contributed by atoms with Crippen LogP contribution in [0, 0.1) is 0 Å². The van der Waals surface area contributed by atoms with Crippen LogP contribution < -0.4 is 5.32 Å². The van der Waals surface area contributed by atoms with Gasteiger partial charge in [-0.1, -0.05) is 51.2 Å². The molecule has 0 aromatic heterocycles. The first kappa shape index (κ1) is 19.7. The Hall–Kier alpha value is -1.36. The number of carbonyl (C=O) groups excluding carboxylic acids is 2. The summed E-state index contributed by atoms with van der Waals surface area (Å²) in [5, 5.41) is 2.66. The monoisotopic (exact) mass is 383 g/mol. The van der Waals surface area contributed by atoms with E-state index in [2.05, 4.69) is 28.2 Å². The predicted molar refractivity (Wildman–Crippen MR) is 95.4 cm³/mol. The maximum atomic E-state index is 12.1. The van der Waals surface area contributed by atoms with Gasteiger partial charge in [0.15, 0.2) is 0 Å². The van der Waals surface area contributed by atoms with Crippen LogP contribution in [-0.2, 0) is 9.53 Å². The Morgan fingerprint density at radius 2 is 1.78 bits per heavy atom. The normalized spacial score (nSPS) is 11.8. The topological polar surface area (TPSA) is 55.4 Å². The molecule has 0 saturated carbocycles. The smallest absolute Gasteiger partial charge is 0.328 e. The summed E-state index contributed by atoms with van der Waals surface area (Å²) in [5.74, 6) is -0.680. The van der Waals surface area contributed by atoms with Crippen LogP contribution in [0.3, 0.4) is 0 Å². The summed E-state index contributed by atoms with van der Waals surface area (Å²) < 4.78 is 5.91. The largest absolute Gasteiger partial charge is 0.464 e. The van der Waals surface area contributed by atoms with Crippen LogP contribution in [0.1, 0.15) is 62.7 Å². The van der Waals surface area contributed by atoms with Crippen LogP contribution in [0.2, 0.25) is 0 Å². The average molecular weight is 384 g/mol. The van der Waals surface area contributed by atoms with E-state index in [-0.39, 0.29) is 11.9 Å². The lowest BCUT2D eigenvalue weighted by Crippen LogP contribution is -2.39. The summed E-state index contributed by atoms with van der Waals surface area (Å²) in [6, 6.07) is 6.44. The molecule has 1 amide bonds. The minimum absolute atomic E-state index is 0.290. The van der Waals surface area contributed by atoms with Gasteiger partial charge in [0.25, 0.3) is 5.91 Å². The number of esters is 1. The summed E-state index contributed by atoms with van der Waals surface area (Å²) in [5.41, 5.74) is 0.503. The molecule has 0 bridgehead atoms. The molecule has 0 aliphatic rings. The Morgan fingerprint density at radius 1 is 1.13 bits per heavy atom. The predicted octanol–water partition coefficient (Wildman–Crippen LogP) is 4.47. The number of hydrogen-bond donors (Lipinski definition) is 1. The zero-order chi connectivity index (χ0) is 17.1. The Balaban J connectivity index is 2.26. The first-order chi connectivity index (χ1) is 11.1. The van der Waals surface area contributed by atoms with Crippen LogP contribution in [0.5, 0.6) is 0 Å². The number of benzene rings is 1. The molecule has 1 rings (SSSR count). The van der Waals surface area contributed by atoms with Crippen molar-refractivity contribution in [2.75, 3.05) is 6.61 Å². The molecule has 1 atom stereocenters. The van der Waals surface area contributed by atoms with Crippen LogP contribution >= 0.6 is 15.9 Å². The highest BCUT2D eigenvalue weighted by Gasteiger charge is 2.18. The average Bonchev–Trinajstić information content (AvgIpc) is 2.54. The van der Waals surface area contributed by atoms with Crippen molar-refractivity contribution in [3.63, 3.8) is 0 Å². The third-order valence-corrected chi connectivity index (χ3v) is 4.25. The molecular formula is C18H26BrNO3. The summed E-state index contributed by atoms with van der Waals surface area (Å²) in [6.07, 6.45) is 6.86. The maximum absolute atomic E-state index is 12.1. The second-order valence-corrected chi connectivity index (χ2v) is 6.46. The minimum Gasteiger partial charge on any atom is -0.464 e. The van der Waals surface area contributed by atoms with E-state index in [1.54, 1.807) is 25.1 Å². The second kappa shape index (κ2) is 11.2. The van der Waals surface area contributed by atoms with Crippen LogP contribution in [0.25, 0.3) is 0 Å². The molecule has 0 spiro atoms. The number of halogens is 1. The fourth-order valence-corrected chi connectivity index (χ4v) is 2.62. The van der Waals surface area contributed by atoms with Gasteiger partial charge in [0.1, 0.15) is 6.04 Å². The highest BCUT2D eigenvalue weighted by Crippen LogP contribution is 2.15. The number of nitrogens with one attached hydrogen (secondary N) is 1. The molecule has 0 saturated heterocycles. The third kappa shape index (κ3) is 7.64. The lowest BCUT2D eigenvalue weighted by Gasteiger charge is -2.14. The van der Waals surface area contributed by atoms with Crippen LogP contribution in [-0.4, -0.2) is 24.5 Å². The van der Waals surface area contributed by atoms with Crippen LogP contribution in [0.4, 0.5) is 0 Å². The fourth-order valence-electron chi connectivity index (χ4n) is 2.16. The second-order valence-electron chi connectivity index (χ2n) is 5.61. The molecule has 0 aliphatic carbocycles. The minimum atomic E-state index is -0.658. The summed E-state index contributed by atoms with van der Waals surface area (Å²) in [6.45, 7) is 4.24. The van der Waals surface area contributed by atoms with Crippen molar-refractivity contribution < 1.29 is 14.3 Å². The van der Waals surface area contributed by atoms with Gasteiger partial charge in [-0.05, 0) is 41.4 Å². The molecule has 5 heteroatoms. The standard InChI is InChI=1S/C18H26BrNO3/c1-3-4-5-6-7-10-13-23-18(22)14(2)20-17(21)15-11-8-9-12-16(15)19/h8-9,11-12,14H,3-7,10,13H2,1-2H3,(H,20,21)/t14-/m0/s1. The molecule has 23 heavy (non-hydrogen) atoms. The van der Waals surface area contributed by atoms with Gasteiger partial charge in [0.05, 0.1) is 12.2 Å². The van der Waals surface area contributed by atoms with Gasteiger partial charge in [0, 0.05) is 4.47 Å². The van der Waals surface area contributed by atoms with Crippen molar-refractivity contribution in [3.05, 3.63) is 34.3 Å². The molecule has 0 aliphatic heterocycles. The molecule has 1 aromatic rings. The van der Waals surface area contributed by atoms with E-state index in [0.29, 0.717) is 16.6 Å². The van der Waals surface area contributed by atoms with E-state index >= 15 is 0 Å². The van der Waals surface area contributed by atoms with Gasteiger partial charge in [-0.3, -0.25) is 4.79 Å². The maximum Gasteiger partial charge on any atom is 0.328 e. The molecule has 1 aromatic carbocycles. The Labute approximate surface area is 147 Å². The van der Waals surface area contributed by atoms with E-state index in [0.717, 1.165) is 12.8 Å². The quantitative estimate of drug-likeness (QED) is 0.478. The van der Waals surface area contributed by atoms with Crippen molar-refractivity contribution in [3.8, 4) is 0 Å². The van der Waals surface area contributed by atoms with Crippen molar-refractivity contribution in [1.29, 1.82) is 0 Å². The lowest BCUT2D eigenvalue weighted by molar-refractivity contribution is -0.145. The Morgan fingerprint density at radius 3 is 2.48 bits per heavy atom. The van der Waals surface area contributed by atoms with Gasteiger partial charge in [-0.25, -0.2) is 4.79 Å². The van der Waals surface area contributed by atoms with Crippen molar-refractivity contribution in [2.45, 2.75) is 58.4 Å². The summed E-state index contributed by atoms with van der Waals surface area (Å²) in [4.78, 5) is 24.0. The van der Waals surface area contributed by atoms with E-state index in [1.807, 2.05) is 6.07 Å². The summed E-state index contributed by atoms with van der Waals surface area (Å²) in [7, 11) is 0. The van der Waals surface area contributed by atoms with Gasteiger partial charge in [0.2, 0.25) is 0 Å². The van der Waals surface area contributed by atoms with Crippen molar-refractivity contribution >= 4 is 27.8 Å². The molecule has 1 N–H and O–H groups in total. The molecule has 128 valence electrons. The number of ether oxygens (including phenoxy) is 1. The van der Waals surface area contributed by atoms with Gasteiger partial charge >= 0.3 is 5.97 Å². The zero-order valence-corrected chi connectivity index (χ0v) is 15.5. The number of hydrogen-bond acceptors (Lipinski definition) is 3. The third-order valence-electron chi connectivity index (χ3n) is 3.56. The lowest BCUT2D eigenvalue weighted by atomic mass is 10.1. The molecule has 0 heterocycles. The SMILES string of the molecule is CCCCCCCCOC(=O)[C@H](C)NC(=O)c1ccccc1Br. The van der Waals surface area contributed by atoms with Gasteiger partial charge in [-0.15, -0.1) is 0 Å². The van der Waals surface area contributed by atoms with Crippen molar-refractivity contribution in [1.82, 2.24) is 5.32 Å². The molecular weight excluding hydrogens is 358 g/mol.